The lowest BCUT2D eigenvalue weighted by molar-refractivity contribution is 0.112. The van der Waals surface area contributed by atoms with E-state index in [-0.39, 0.29) is 0 Å². The zero-order valence-corrected chi connectivity index (χ0v) is 5.38. The molecule has 0 aliphatic rings. The van der Waals surface area contributed by atoms with Gasteiger partial charge in [0.25, 0.3) is 0 Å². The molecule has 0 fully saturated rings. The van der Waals surface area contributed by atoms with Gasteiger partial charge >= 0.3 is 0 Å². The average Bonchev–Trinajstić information content (AvgIpc) is 1.90. The third kappa shape index (κ3) is 1.50. The monoisotopic (exact) mass is 140 g/mol. The highest BCUT2D eigenvalue weighted by Gasteiger charge is 1.88. The summed E-state index contributed by atoms with van der Waals surface area (Å²) < 4.78 is 0. The van der Waals surface area contributed by atoms with Crippen molar-refractivity contribution in [3.8, 4) is 0 Å². The van der Waals surface area contributed by atoms with Crippen LogP contribution in [0, 0.1) is 0 Å². The van der Waals surface area contributed by atoms with Gasteiger partial charge in [-0.25, -0.2) is 9.97 Å². The number of aldehydes is 1. The second-order valence-corrected chi connectivity index (χ2v) is 1.83. The van der Waals surface area contributed by atoms with Gasteiger partial charge in [-0.05, 0) is 0 Å². The van der Waals surface area contributed by atoms with E-state index in [0.717, 1.165) is 0 Å². The fourth-order valence-corrected chi connectivity index (χ4v) is 0.508. The molecule has 4 heteroatoms. The van der Waals surface area contributed by atoms with Gasteiger partial charge in [-0.15, -0.1) is 12.6 Å². The Morgan fingerprint density at radius 2 is 2.00 bits per heavy atom. The predicted octanol–water partition coefficient (Wildman–Crippen LogP) is 0.578. The van der Waals surface area contributed by atoms with Crippen molar-refractivity contribution in [1.82, 2.24) is 9.97 Å². The normalized spacial score (nSPS) is 9.00. The summed E-state index contributed by atoms with van der Waals surface area (Å²) in [6.45, 7) is 0. The molecule has 0 aromatic carbocycles. The van der Waals surface area contributed by atoms with E-state index >= 15 is 0 Å². The Morgan fingerprint density at radius 3 is 2.44 bits per heavy atom. The van der Waals surface area contributed by atoms with Crippen LogP contribution in [0.15, 0.2) is 17.6 Å². The van der Waals surface area contributed by atoms with E-state index in [1.165, 1.54) is 12.4 Å². The van der Waals surface area contributed by atoms with Gasteiger partial charge in [0.1, 0.15) is 0 Å². The molecular formula is C5H4N2OS. The highest BCUT2D eigenvalue weighted by Crippen LogP contribution is 1.94. The summed E-state index contributed by atoms with van der Waals surface area (Å²) in [6, 6.07) is 0. The third-order valence-electron chi connectivity index (χ3n) is 0.794. The van der Waals surface area contributed by atoms with Crippen LogP contribution in [0.2, 0.25) is 0 Å². The fourth-order valence-electron chi connectivity index (χ4n) is 0.392. The molecular weight excluding hydrogens is 136 g/mol. The van der Waals surface area contributed by atoms with Crippen LogP contribution in [0.25, 0.3) is 0 Å². The molecule has 0 bridgehead atoms. The molecule has 0 saturated carbocycles. The first-order valence-electron chi connectivity index (χ1n) is 2.29. The summed E-state index contributed by atoms with van der Waals surface area (Å²) in [4.78, 5) is 17.4. The van der Waals surface area contributed by atoms with E-state index in [2.05, 4.69) is 22.6 Å². The number of rotatable bonds is 1. The Morgan fingerprint density at radius 1 is 1.44 bits per heavy atom. The number of hydrogen-bond donors (Lipinski definition) is 1. The average molecular weight is 140 g/mol. The van der Waals surface area contributed by atoms with Gasteiger partial charge in [0.05, 0.1) is 5.56 Å². The molecule has 0 atom stereocenters. The van der Waals surface area contributed by atoms with Crippen LogP contribution in [-0.2, 0) is 0 Å². The lowest BCUT2D eigenvalue weighted by Gasteiger charge is -1.87. The van der Waals surface area contributed by atoms with E-state index in [1.807, 2.05) is 0 Å². The molecule has 1 aromatic heterocycles. The number of carbonyl (C=O) groups is 1. The summed E-state index contributed by atoms with van der Waals surface area (Å²) in [5, 5.41) is 0.376. The van der Waals surface area contributed by atoms with E-state index in [0.29, 0.717) is 17.0 Å². The van der Waals surface area contributed by atoms with Crippen molar-refractivity contribution in [3.05, 3.63) is 18.0 Å². The quantitative estimate of drug-likeness (QED) is 0.352. The highest BCUT2D eigenvalue weighted by molar-refractivity contribution is 7.80. The summed E-state index contributed by atoms with van der Waals surface area (Å²) in [5.74, 6) is 0. The topological polar surface area (TPSA) is 42.9 Å². The van der Waals surface area contributed by atoms with E-state index < -0.39 is 0 Å². The lowest BCUT2D eigenvalue weighted by Crippen LogP contribution is -1.85. The molecule has 0 N–H and O–H groups in total. The Kier molecular flexibility index (Phi) is 1.79. The van der Waals surface area contributed by atoms with Gasteiger partial charge in [0, 0.05) is 12.4 Å². The van der Waals surface area contributed by atoms with Crippen molar-refractivity contribution in [1.29, 1.82) is 0 Å². The van der Waals surface area contributed by atoms with Crippen LogP contribution in [0.5, 0.6) is 0 Å². The van der Waals surface area contributed by atoms with Gasteiger partial charge in [-0.1, -0.05) is 0 Å². The molecule has 1 heterocycles. The first kappa shape index (κ1) is 6.22. The van der Waals surface area contributed by atoms with Crippen molar-refractivity contribution >= 4 is 18.9 Å². The smallest absolute Gasteiger partial charge is 0.184 e. The van der Waals surface area contributed by atoms with Crippen molar-refractivity contribution in [2.24, 2.45) is 0 Å². The van der Waals surface area contributed by atoms with E-state index in [4.69, 9.17) is 0 Å². The van der Waals surface area contributed by atoms with Gasteiger partial charge in [-0.3, -0.25) is 4.79 Å². The number of hydrogen-bond acceptors (Lipinski definition) is 4. The molecule has 0 aliphatic heterocycles. The molecule has 0 unspecified atom stereocenters. The SMILES string of the molecule is O=Cc1cnc(S)nc1. The van der Waals surface area contributed by atoms with Gasteiger partial charge in [0.15, 0.2) is 11.4 Å². The second-order valence-electron chi connectivity index (χ2n) is 1.43. The molecule has 46 valence electrons. The maximum absolute atomic E-state index is 10.0. The van der Waals surface area contributed by atoms with Crippen LogP contribution in [0.4, 0.5) is 0 Å². The van der Waals surface area contributed by atoms with Crippen molar-refractivity contribution in [2.45, 2.75) is 5.16 Å². The fraction of sp³-hybridized carbons (Fsp3) is 0. The molecule has 0 spiro atoms. The lowest BCUT2D eigenvalue weighted by atomic mass is 10.4. The van der Waals surface area contributed by atoms with Crippen LogP contribution in [0.3, 0.4) is 0 Å². The molecule has 3 nitrogen and oxygen atoms in total. The molecule has 0 radical (unpaired) electrons. The molecule has 1 aromatic rings. The summed E-state index contributed by atoms with van der Waals surface area (Å²) in [6.07, 6.45) is 3.53. The minimum absolute atomic E-state index is 0.376. The first-order valence-corrected chi connectivity index (χ1v) is 2.74. The number of thiol groups is 1. The van der Waals surface area contributed by atoms with Crippen LogP contribution >= 0.6 is 12.6 Å². The third-order valence-corrected chi connectivity index (χ3v) is 1.03. The number of nitrogens with zero attached hydrogens (tertiary/aromatic N) is 2. The van der Waals surface area contributed by atoms with Gasteiger partial charge in [-0.2, -0.15) is 0 Å². The van der Waals surface area contributed by atoms with Crippen molar-refractivity contribution in [2.75, 3.05) is 0 Å². The zero-order valence-electron chi connectivity index (χ0n) is 4.48. The highest BCUT2D eigenvalue weighted by atomic mass is 32.1. The molecule has 1 rings (SSSR count). The van der Waals surface area contributed by atoms with E-state index in [9.17, 15) is 4.79 Å². The summed E-state index contributed by atoms with van der Waals surface area (Å²) in [7, 11) is 0. The Bertz CT molecular complexity index is 209. The molecule has 9 heavy (non-hydrogen) atoms. The predicted molar refractivity (Wildman–Crippen MR) is 34.7 cm³/mol. The molecule has 0 aliphatic carbocycles. The Balaban J connectivity index is 3.01. The standard InChI is InChI=1S/C5H4N2OS/c8-3-4-1-6-5(9)7-2-4/h1-3H,(H,6,7,9). The van der Waals surface area contributed by atoms with Crippen molar-refractivity contribution in [3.63, 3.8) is 0 Å². The maximum Gasteiger partial charge on any atom is 0.184 e. The van der Waals surface area contributed by atoms with Crippen LogP contribution in [-0.4, -0.2) is 16.3 Å². The number of carbonyl (C=O) groups excluding carboxylic acids is 1. The minimum atomic E-state index is 0.376. The molecule has 0 amide bonds. The largest absolute Gasteiger partial charge is 0.298 e. The summed E-state index contributed by atoms with van der Waals surface area (Å²) in [5.41, 5.74) is 0.466. The molecule has 0 saturated heterocycles. The van der Waals surface area contributed by atoms with Gasteiger partial charge in [0.2, 0.25) is 0 Å². The Labute approximate surface area is 57.6 Å². The zero-order chi connectivity index (χ0) is 6.69. The summed E-state index contributed by atoms with van der Waals surface area (Å²) >= 11 is 3.83. The number of aromatic nitrogens is 2. The van der Waals surface area contributed by atoms with Crippen molar-refractivity contribution < 1.29 is 4.79 Å². The van der Waals surface area contributed by atoms with E-state index in [1.54, 1.807) is 0 Å². The Hall–Kier alpha value is -0.900. The van der Waals surface area contributed by atoms with Crippen LogP contribution < -0.4 is 0 Å². The maximum atomic E-state index is 10.0. The van der Waals surface area contributed by atoms with Crippen LogP contribution in [0.1, 0.15) is 10.4 Å². The second kappa shape index (κ2) is 2.59. The minimum Gasteiger partial charge on any atom is -0.298 e. The first-order chi connectivity index (χ1) is 4.33. The van der Waals surface area contributed by atoms with Gasteiger partial charge < -0.3 is 0 Å².